The van der Waals surface area contributed by atoms with Gasteiger partial charge in [0.15, 0.2) is 6.10 Å². The molecule has 44 heavy (non-hydrogen) atoms. The van der Waals surface area contributed by atoms with Crippen LogP contribution in [0, 0.1) is 0 Å². The van der Waals surface area contributed by atoms with E-state index in [-0.39, 0.29) is 25.0 Å². The molecule has 0 aliphatic carbocycles. The third-order valence-corrected chi connectivity index (χ3v) is 7.35. The van der Waals surface area contributed by atoms with Gasteiger partial charge in [-0.1, -0.05) is 18.6 Å². The average molecular weight is 620 g/mol. The number of nitrogens with two attached hydrogens (primary N) is 1. The third kappa shape index (κ3) is 10.4. The van der Waals surface area contributed by atoms with E-state index in [1.54, 1.807) is 49.9 Å². The van der Waals surface area contributed by atoms with E-state index in [1.807, 2.05) is 20.8 Å². The number of likely N-dealkylation sites (tertiary alicyclic amines) is 1. The normalized spacial score (nSPS) is 19.9. The largest absolute Gasteiger partial charge is 0.490 e. The predicted molar refractivity (Wildman–Crippen MR) is 162 cm³/mol. The third-order valence-electron chi connectivity index (χ3n) is 7.35. The number of carbonyl (C=O) groups excluding carboxylic acids is 3. The summed E-state index contributed by atoms with van der Waals surface area (Å²) < 4.78 is 22.2. The van der Waals surface area contributed by atoms with Gasteiger partial charge in [0.25, 0.3) is 0 Å². The van der Waals surface area contributed by atoms with Crippen LogP contribution in [0.15, 0.2) is 24.3 Å². The Morgan fingerprint density at radius 2 is 1.61 bits per heavy atom. The number of piperidine rings is 1. The molecule has 3 atom stereocenters. The fourth-order valence-electron chi connectivity index (χ4n) is 5.19. The Hall–Kier alpha value is -3.38. The molecule has 2 heterocycles. The van der Waals surface area contributed by atoms with Crippen LogP contribution in [0.1, 0.15) is 79.2 Å². The Bertz CT molecular complexity index is 1150. The summed E-state index contributed by atoms with van der Waals surface area (Å²) in [6.07, 6.45) is 3.35. The van der Waals surface area contributed by atoms with Crippen LogP contribution in [0.3, 0.4) is 0 Å². The van der Waals surface area contributed by atoms with Crippen LogP contribution in [0.25, 0.3) is 0 Å². The molecule has 12 heteroatoms. The first-order valence-corrected chi connectivity index (χ1v) is 15.4. The summed E-state index contributed by atoms with van der Waals surface area (Å²) in [6.45, 7) is 13.2. The highest BCUT2D eigenvalue weighted by molar-refractivity contribution is 6.04. The maximum absolute atomic E-state index is 13.0. The van der Waals surface area contributed by atoms with Crippen LogP contribution >= 0.6 is 0 Å². The molecule has 12 nitrogen and oxygen atoms in total. The van der Waals surface area contributed by atoms with Crippen molar-refractivity contribution in [2.45, 2.75) is 109 Å². The number of hydrogen-bond donors (Lipinski definition) is 2. The number of carboxylic acids is 1. The molecular weight excluding hydrogens is 570 g/mol. The Balaban J connectivity index is 1.49. The number of carboxylic acid groups (broad SMARTS) is 1. The highest BCUT2D eigenvalue weighted by Gasteiger charge is 2.45. The van der Waals surface area contributed by atoms with E-state index in [4.69, 9.17) is 24.7 Å². The van der Waals surface area contributed by atoms with Crippen LogP contribution in [-0.4, -0.2) is 101 Å². The van der Waals surface area contributed by atoms with Crippen molar-refractivity contribution in [1.29, 1.82) is 0 Å². The summed E-state index contributed by atoms with van der Waals surface area (Å²) in [5.41, 5.74) is 2.80. The number of amides is 1. The summed E-state index contributed by atoms with van der Waals surface area (Å²) in [7, 11) is 0. The van der Waals surface area contributed by atoms with Crippen LogP contribution < -0.4 is 10.5 Å². The molecule has 0 spiro atoms. The van der Waals surface area contributed by atoms with Gasteiger partial charge in [-0.25, -0.2) is 14.4 Å². The second-order valence-electron chi connectivity index (χ2n) is 13.7. The van der Waals surface area contributed by atoms with E-state index >= 15 is 0 Å². The number of benzene rings is 1. The lowest BCUT2D eigenvalue weighted by Crippen LogP contribution is -2.58. The molecular formula is C32H49N3O9. The average Bonchev–Trinajstić information content (AvgIpc) is 3.28. The van der Waals surface area contributed by atoms with Crippen LogP contribution in [0.2, 0.25) is 0 Å². The molecule has 0 aromatic heterocycles. The van der Waals surface area contributed by atoms with Crippen molar-refractivity contribution in [3.05, 3.63) is 29.8 Å². The molecule has 2 aliphatic rings. The minimum Gasteiger partial charge on any atom is -0.490 e. The number of ether oxygens (including phenoxy) is 4. The van der Waals surface area contributed by atoms with E-state index in [0.29, 0.717) is 37.2 Å². The Labute approximate surface area is 260 Å². The summed E-state index contributed by atoms with van der Waals surface area (Å²) in [5, 5.41) is 9.65. The van der Waals surface area contributed by atoms with Gasteiger partial charge in [-0.3, -0.25) is 9.69 Å². The quantitative estimate of drug-likeness (QED) is 0.189. The van der Waals surface area contributed by atoms with E-state index in [9.17, 15) is 24.3 Å². The molecule has 0 bridgehead atoms. The Kier molecular flexibility index (Phi) is 11.6. The van der Waals surface area contributed by atoms with Crippen molar-refractivity contribution in [3.8, 4) is 5.75 Å². The minimum atomic E-state index is -2.24. The van der Waals surface area contributed by atoms with Gasteiger partial charge in [-0.2, -0.15) is 0 Å². The number of aliphatic carboxylic acids is 1. The van der Waals surface area contributed by atoms with Gasteiger partial charge in [0, 0.05) is 13.0 Å². The zero-order valence-electron chi connectivity index (χ0n) is 26.9. The number of cyclic esters (lactones) is 1. The molecule has 3 rings (SSSR count). The summed E-state index contributed by atoms with van der Waals surface area (Å²) >= 11 is 0. The Morgan fingerprint density at radius 3 is 2.18 bits per heavy atom. The summed E-state index contributed by atoms with van der Waals surface area (Å²) in [5.74, 6) is -2.23. The monoisotopic (exact) mass is 619 g/mol. The molecule has 2 saturated heterocycles. The Morgan fingerprint density at radius 1 is 1.00 bits per heavy atom. The first-order valence-electron chi connectivity index (χ1n) is 15.4. The molecule has 1 aromatic carbocycles. The molecule has 2 aliphatic heterocycles. The lowest BCUT2D eigenvalue weighted by atomic mass is 9.91. The number of rotatable bonds is 13. The van der Waals surface area contributed by atoms with Gasteiger partial charge in [0.2, 0.25) is 5.54 Å². The zero-order chi connectivity index (χ0) is 32.7. The second kappa shape index (κ2) is 14.6. The standard InChI is InChI=1S/C32H49N3O9/c1-30(2,3)43-26(36)25(34-16-8-7-9-17-34)11-10-18-35-20-24(42-29(35)40)21-41-23-14-12-22(13-15-23)19-32(33,27(37)38)28(39)44-31(4,5)6/h12-15,24-25H,7-11,16-21,33H2,1-6H3,(H,37,38). The molecule has 3 unspecified atom stereocenters. The van der Waals surface area contributed by atoms with Gasteiger partial charge in [-0.15, -0.1) is 0 Å². The second-order valence-corrected chi connectivity index (χ2v) is 13.7. The first-order chi connectivity index (χ1) is 20.5. The molecule has 1 aromatic rings. The highest BCUT2D eigenvalue weighted by Crippen LogP contribution is 2.23. The maximum atomic E-state index is 13.0. The van der Waals surface area contributed by atoms with Gasteiger partial charge >= 0.3 is 24.0 Å². The number of hydrogen-bond acceptors (Lipinski definition) is 10. The van der Waals surface area contributed by atoms with Crippen molar-refractivity contribution >= 4 is 24.0 Å². The molecule has 3 N–H and O–H groups in total. The fourth-order valence-corrected chi connectivity index (χ4v) is 5.19. The van der Waals surface area contributed by atoms with Crippen molar-refractivity contribution in [1.82, 2.24) is 9.80 Å². The van der Waals surface area contributed by atoms with Gasteiger partial charge in [0.05, 0.1) is 6.54 Å². The number of esters is 2. The number of carbonyl (C=O) groups is 4. The maximum Gasteiger partial charge on any atom is 0.410 e. The summed E-state index contributed by atoms with van der Waals surface area (Å²) in [6, 6.07) is 6.19. The van der Waals surface area contributed by atoms with Crippen molar-refractivity contribution in [2.75, 3.05) is 32.8 Å². The van der Waals surface area contributed by atoms with Crippen LogP contribution in [-0.2, 0) is 35.0 Å². The van der Waals surface area contributed by atoms with Crippen LogP contribution in [0.4, 0.5) is 4.79 Å². The van der Waals surface area contributed by atoms with Crippen molar-refractivity contribution in [3.63, 3.8) is 0 Å². The lowest BCUT2D eigenvalue weighted by Gasteiger charge is -2.35. The van der Waals surface area contributed by atoms with Gasteiger partial charge < -0.3 is 34.7 Å². The van der Waals surface area contributed by atoms with E-state index < -0.39 is 40.9 Å². The van der Waals surface area contributed by atoms with E-state index in [1.165, 1.54) is 0 Å². The first kappa shape index (κ1) is 35.1. The fraction of sp³-hybridized carbons (Fsp3) is 0.688. The van der Waals surface area contributed by atoms with E-state index in [2.05, 4.69) is 4.90 Å². The minimum absolute atomic E-state index is 0.129. The summed E-state index contributed by atoms with van der Waals surface area (Å²) in [4.78, 5) is 53.7. The van der Waals surface area contributed by atoms with E-state index in [0.717, 1.165) is 32.4 Å². The topological polar surface area (TPSA) is 158 Å². The molecule has 0 radical (unpaired) electrons. The highest BCUT2D eigenvalue weighted by atomic mass is 16.6. The zero-order valence-corrected chi connectivity index (χ0v) is 26.9. The van der Waals surface area contributed by atoms with Gasteiger partial charge in [0.1, 0.15) is 29.6 Å². The number of nitrogens with zero attached hydrogens (tertiary/aromatic N) is 2. The predicted octanol–water partition coefficient (Wildman–Crippen LogP) is 3.53. The van der Waals surface area contributed by atoms with Crippen LogP contribution in [0.5, 0.6) is 5.75 Å². The molecule has 0 saturated carbocycles. The smallest absolute Gasteiger partial charge is 0.410 e. The molecule has 1 amide bonds. The van der Waals surface area contributed by atoms with Gasteiger partial charge in [-0.05, 0) is 98.0 Å². The van der Waals surface area contributed by atoms with Crippen molar-refractivity contribution in [2.24, 2.45) is 5.73 Å². The molecule has 2 fully saturated rings. The van der Waals surface area contributed by atoms with Crippen molar-refractivity contribution < 1.29 is 43.2 Å². The molecule has 246 valence electrons. The SMILES string of the molecule is CC(C)(C)OC(=O)C(CCCN1CC(COc2ccc(CC(N)(C(=O)O)C(=O)OC(C)(C)C)cc2)OC1=O)N1CCCCC1. The lowest BCUT2D eigenvalue weighted by molar-refractivity contribution is -0.169.